The van der Waals surface area contributed by atoms with Gasteiger partial charge in [0.25, 0.3) is 0 Å². The number of benzene rings is 2. The molecule has 0 saturated carbocycles. The highest BCUT2D eigenvalue weighted by Gasteiger charge is 2.17. The van der Waals surface area contributed by atoms with Crippen molar-refractivity contribution in [2.75, 3.05) is 11.1 Å². The van der Waals surface area contributed by atoms with Gasteiger partial charge in [0.05, 0.1) is 11.0 Å². The van der Waals surface area contributed by atoms with Crippen LogP contribution in [-0.4, -0.2) is 28.9 Å². The molecule has 5 heteroatoms. The van der Waals surface area contributed by atoms with Crippen molar-refractivity contribution in [2.24, 2.45) is 0 Å². The molecule has 144 valence electrons. The van der Waals surface area contributed by atoms with Gasteiger partial charge < -0.3 is 10.6 Å². The Morgan fingerprint density at radius 2 is 1.67 bits per heavy atom. The van der Waals surface area contributed by atoms with Gasteiger partial charge in [-0.15, -0.1) is 11.8 Å². The summed E-state index contributed by atoms with van der Waals surface area (Å²) in [6.45, 7) is 5.86. The van der Waals surface area contributed by atoms with Gasteiger partial charge in [-0.1, -0.05) is 48.0 Å². The maximum Gasteiger partial charge on any atom is 0.234 e. The van der Waals surface area contributed by atoms with E-state index in [1.165, 1.54) is 17.3 Å². The third-order valence-corrected chi connectivity index (χ3v) is 5.41. The van der Waals surface area contributed by atoms with Gasteiger partial charge in [0.15, 0.2) is 0 Å². The molecular weight excluding hydrogens is 356 g/mol. The Bertz CT molecular complexity index is 732. The van der Waals surface area contributed by atoms with E-state index in [1.54, 1.807) is 0 Å². The summed E-state index contributed by atoms with van der Waals surface area (Å²) in [5.41, 5.74) is 3.20. The Hall–Kier alpha value is -2.27. The van der Waals surface area contributed by atoms with Crippen molar-refractivity contribution in [3.63, 3.8) is 0 Å². The third kappa shape index (κ3) is 7.87. The van der Waals surface area contributed by atoms with E-state index in [2.05, 4.69) is 22.8 Å². The highest BCUT2D eigenvalue weighted by atomic mass is 32.2. The molecule has 4 nitrogen and oxygen atoms in total. The maximum absolute atomic E-state index is 12.3. The molecule has 0 heterocycles. The first-order valence-electron chi connectivity index (χ1n) is 9.26. The number of hydrogen-bond acceptors (Lipinski definition) is 3. The molecular formula is C22H28N2O2S. The normalized spacial score (nSPS) is 12.9. The average molecular weight is 385 g/mol. The van der Waals surface area contributed by atoms with Crippen LogP contribution < -0.4 is 10.6 Å². The van der Waals surface area contributed by atoms with Gasteiger partial charge in [-0.25, -0.2) is 0 Å². The standard InChI is InChI=1S/C22H28N2O2S/c1-16-9-13-20(14-10-16)24-21(25)15-27-18(3)22(26)23-17(2)11-12-19-7-5-4-6-8-19/h4-10,13-14,17-18H,11-12,15H2,1-3H3,(H,23,26)(H,24,25). The van der Waals surface area contributed by atoms with E-state index in [0.29, 0.717) is 0 Å². The van der Waals surface area contributed by atoms with E-state index < -0.39 is 0 Å². The minimum Gasteiger partial charge on any atom is -0.353 e. The van der Waals surface area contributed by atoms with Crippen LogP contribution in [0.15, 0.2) is 54.6 Å². The van der Waals surface area contributed by atoms with Crippen molar-refractivity contribution < 1.29 is 9.59 Å². The second-order valence-electron chi connectivity index (χ2n) is 6.80. The Kier molecular flexibility index (Phi) is 8.40. The Balaban J connectivity index is 1.68. The quantitative estimate of drug-likeness (QED) is 0.681. The van der Waals surface area contributed by atoms with Gasteiger partial charge in [0, 0.05) is 11.7 Å². The van der Waals surface area contributed by atoms with Crippen molar-refractivity contribution in [1.29, 1.82) is 0 Å². The number of aryl methyl sites for hydroxylation is 2. The van der Waals surface area contributed by atoms with E-state index in [-0.39, 0.29) is 28.9 Å². The Labute approximate surface area is 166 Å². The second-order valence-corrected chi connectivity index (χ2v) is 8.13. The first kappa shape index (κ1) is 21.0. The molecule has 0 aliphatic carbocycles. The van der Waals surface area contributed by atoms with Crippen LogP contribution in [0.5, 0.6) is 0 Å². The molecule has 0 aromatic heterocycles. The summed E-state index contributed by atoms with van der Waals surface area (Å²) in [5, 5.41) is 5.62. The predicted octanol–water partition coefficient (Wildman–Crippen LogP) is 4.19. The molecule has 0 saturated heterocycles. The summed E-state index contributed by atoms with van der Waals surface area (Å²) >= 11 is 1.35. The number of carbonyl (C=O) groups excluding carboxylic acids is 2. The highest BCUT2D eigenvalue weighted by Crippen LogP contribution is 2.14. The minimum atomic E-state index is -0.270. The van der Waals surface area contributed by atoms with Crippen LogP contribution in [0.1, 0.15) is 31.4 Å². The monoisotopic (exact) mass is 384 g/mol. The van der Waals surface area contributed by atoms with E-state index in [4.69, 9.17) is 0 Å². The van der Waals surface area contributed by atoms with Crippen molar-refractivity contribution >= 4 is 29.3 Å². The zero-order chi connectivity index (χ0) is 19.6. The van der Waals surface area contributed by atoms with Crippen molar-refractivity contribution in [1.82, 2.24) is 5.32 Å². The zero-order valence-electron chi connectivity index (χ0n) is 16.2. The van der Waals surface area contributed by atoms with Gasteiger partial charge in [0.1, 0.15) is 0 Å². The highest BCUT2D eigenvalue weighted by molar-refractivity contribution is 8.01. The van der Waals surface area contributed by atoms with Crippen LogP contribution in [-0.2, 0) is 16.0 Å². The lowest BCUT2D eigenvalue weighted by molar-refractivity contribution is -0.120. The molecule has 0 fully saturated rings. The van der Waals surface area contributed by atoms with Gasteiger partial charge in [0.2, 0.25) is 11.8 Å². The first-order chi connectivity index (χ1) is 12.9. The molecule has 2 rings (SSSR count). The smallest absolute Gasteiger partial charge is 0.234 e. The lowest BCUT2D eigenvalue weighted by Crippen LogP contribution is -2.38. The fourth-order valence-electron chi connectivity index (χ4n) is 2.57. The zero-order valence-corrected chi connectivity index (χ0v) is 17.0. The predicted molar refractivity (Wildman–Crippen MR) is 114 cm³/mol. The van der Waals surface area contributed by atoms with E-state index >= 15 is 0 Å². The van der Waals surface area contributed by atoms with Crippen LogP contribution in [0.25, 0.3) is 0 Å². The summed E-state index contributed by atoms with van der Waals surface area (Å²) in [7, 11) is 0. The molecule has 2 aromatic carbocycles. The van der Waals surface area contributed by atoms with E-state index in [0.717, 1.165) is 24.1 Å². The number of hydrogen-bond donors (Lipinski definition) is 2. The van der Waals surface area contributed by atoms with E-state index in [1.807, 2.05) is 63.2 Å². The molecule has 0 aliphatic rings. The second kappa shape index (κ2) is 10.8. The molecule has 2 N–H and O–H groups in total. The molecule has 2 atom stereocenters. The molecule has 2 amide bonds. The van der Waals surface area contributed by atoms with Gasteiger partial charge in [-0.05, 0) is 51.3 Å². The number of anilines is 1. The summed E-state index contributed by atoms with van der Waals surface area (Å²) in [6, 6.07) is 18.0. The van der Waals surface area contributed by atoms with Gasteiger partial charge in [-0.2, -0.15) is 0 Å². The topological polar surface area (TPSA) is 58.2 Å². The first-order valence-corrected chi connectivity index (χ1v) is 10.3. The number of rotatable bonds is 9. The van der Waals surface area contributed by atoms with Crippen LogP contribution >= 0.6 is 11.8 Å². The SMILES string of the molecule is Cc1ccc(NC(=O)CSC(C)C(=O)NC(C)CCc2ccccc2)cc1. The molecule has 0 aliphatic heterocycles. The lowest BCUT2D eigenvalue weighted by Gasteiger charge is -2.17. The fourth-order valence-corrected chi connectivity index (χ4v) is 3.26. The average Bonchev–Trinajstić information content (AvgIpc) is 2.67. The molecule has 27 heavy (non-hydrogen) atoms. The Morgan fingerprint density at radius 1 is 1.00 bits per heavy atom. The molecule has 2 unspecified atom stereocenters. The van der Waals surface area contributed by atoms with Crippen molar-refractivity contribution in [2.45, 2.75) is 44.9 Å². The Morgan fingerprint density at radius 3 is 2.33 bits per heavy atom. The summed E-state index contributed by atoms with van der Waals surface area (Å²) < 4.78 is 0. The number of amides is 2. The summed E-state index contributed by atoms with van der Waals surface area (Å²) in [4.78, 5) is 24.4. The lowest BCUT2D eigenvalue weighted by atomic mass is 10.1. The molecule has 0 radical (unpaired) electrons. The molecule has 2 aromatic rings. The maximum atomic E-state index is 12.3. The van der Waals surface area contributed by atoms with Crippen molar-refractivity contribution in [3.05, 3.63) is 65.7 Å². The van der Waals surface area contributed by atoms with Crippen LogP contribution in [0.3, 0.4) is 0 Å². The third-order valence-electron chi connectivity index (χ3n) is 4.27. The minimum absolute atomic E-state index is 0.0244. The number of thioether (sulfide) groups is 1. The fraction of sp³-hybridized carbons (Fsp3) is 0.364. The number of carbonyl (C=O) groups is 2. The van der Waals surface area contributed by atoms with Crippen LogP contribution in [0.4, 0.5) is 5.69 Å². The summed E-state index contributed by atoms with van der Waals surface area (Å²) in [5.74, 6) is 0.130. The largest absolute Gasteiger partial charge is 0.353 e. The van der Waals surface area contributed by atoms with Gasteiger partial charge in [-0.3, -0.25) is 9.59 Å². The number of nitrogens with one attached hydrogen (secondary N) is 2. The molecule has 0 bridgehead atoms. The van der Waals surface area contributed by atoms with Crippen LogP contribution in [0, 0.1) is 6.92 Å². The summed E-state index contributed by atoms with van der Waals surface area (Å²) in [6.07, 6.45) is 1.82. The molecule has 0 spiro atoms. The van der Waals surface area contributed by atoms with E-state index in [9.17, 15) is 9.59 Å². The van der Waals surface area contributed by atoms with Crippen molar-refractivity contribution in [3.8, 4) is 0 Å². The van der Waals surface area contributed by atoms with Crippen LogP contribution in [0.2, 0.25) is 0 Å². The van der Waals surface area contributed by atoms with Gasteiger partial charge >= 0.3 is 0 Å².